The number of carbonyl (C=O) groups excluding carboxylic acids is 1. The summed E-state index contributed by atoms with van der Waals surface area (Å²) >= 11 is 0. The average molecular weight is 370 g/mol. The molecule has 2 N–H and O–H groups in total. The van der Waals surface area contributed by atoms with E-state index >= 15 is 0 Å². The van der Waals surface area contributed by atoms with Crippen molar-refractivity contribution in [2.45, 2.75) is 13.1 Å². The fourth-order valence-corrected chi connectivity index (χ4v) is 3.47. The minimum absolute atomic E-state index is 0.164. The molecule has 0 aliphatic carbocycles. The molecule has 0 saturated heterocycles. The van der Waals surface area contributed by atoms with Crippen LogP contribution in [0.3, 0.4) is 0 Å². The van der Waals surface area contributed by atoms with Crippen LogP contribution in [-0.4, -0.2) is 25.4 Å². The Kier molecular flexibility index (Phi) is 3.87. The first kappa shape index (κ1) is 16.6. The molecule has 3 aromatic heterocycles. The van der Waals surface area contributed by atoms with Gasteiger partial charge in [-0.3, -0.25) is 9.78 Å². The molecule has 28 heavy (non-hydrogen) atoms. The maximum Gasteiger partial charge on any atom is 0.256 e. The van der Waals surface area contributed by atoms with Gasteiger partial charge in [0.1, 0.15) is 5.82 Å². The maximum absolute atomic E-state index is 12.7. The van der Waals surface area contributed by atoms with Crippen LogP contribution in [0.2, 0.25) is 0 Å². The van der Waals surface area contributed by atoms with E-state index in [1.165, 1.54) is 11.1 Å². The SMILES string of the molecule is Cn1cncc1-c1cc2cc(NC(=O)c3ccc4c(c3)CNC4)ncc2cn1. The predicted octanol–water partition coefficient (Wildman–Crippen LogP) is 2.89. The third-order valence-electron chi connectivity index (χ3n) is 5.02. The van der Waals surface area contributed by atoms with Crippen LogP contribution in [0.4, 0.5) is 5.82 Å². The summed E-state index contributed by atoms with van der Waals surface area (Å²) in [6.07, 6.45) is 7.02. The molecule has 138 valence electrons. The molecule has 4 aromatic rings. The first-order valence-corrected chi connectivity index (χ1v) is 9.04. The second kappa shape index (κ2) is 6.54. The van der Waals surface area contributed by atoms with E-state index in [0.717, 1.165) is 35.2 Å². The van der Waals surface area contributed by atoms with Crippen LogP contribution in [-0.2, 0) is 20.1 Å². The molecule has 1 aliphatic heterocycles. The number of rotatable bonds is 3. The summed E-state index contributed by atoms with van der Waals surface area (Å²) in [4.78, 5) is 25.6. The van der Waals surface area contributed by atoms with E-state index in [9.17, 15) is 4.79 Å². The molecule has 0 atom stereocenters. The van der Waals surface area contributed by atoms with Crippen LogP contribution in [0.15, 0.2) is 55.2 Å². The standard InChI is InChI=1S/C21H18N6O/c1-27-12-23-11-19(27)18-5-15-6-20(25-10-17(15)9-24-18)26-21(28)13-2-3-14-7-22-8-16(14)4-13/h2-6,9-12,22H,7-8H2,1H3,(H,25,26,28). The molecule has 0 unspecified atom stereocenters. The molecule has 0 bridgehead atoms. The third kappa shape index (κ3) is 2.91. The lowest BCUT2D eigenvalue weighted by atomic mass is 10.1. The van der Waals surface area contributed by atoms with Crippen LogP contribution >= 0.6 is 0 Å². The van der Waals surface area contributed by atoms with Crippen molar-refractivity contribution in [3.8, 4) is 11.4 Å². The number of imidazole rings is 1. The Hall–Kier alpha value is -3.58. The number of anilines is 1. The van der Waals surface area contributed by atoms with Gasteiger partial charge in [0, 0.05) is 43.5 Å². The van der Waals surface area contributed by atoms with E-state index in [1.807, 2.05) is 41.9 Å². The van der Waals surface area contributed by atoms with Crippen LogP contribution in [0.1, 0.15) is 21.5 Å². The zero-order chi connectivity index (χ0) is 19.1. The Balaban J connectivity index is 1.44. The number of nitrogens with one attached hydrogen (secondary N) is 2. The Labute approximate surface area is 161 Å². The number of pyridine rings is 2. The monoisotopic (exact) mass is 370 g/mol. The maximum atomic E-state index is 12.7. The fraction of sp³-hybridized carbons (Fsp3) is 0.143. The van der Waals surface area contributed by atoms with Crippen LogP contribution in [0.25, 0.3) is 22.2 Å². The van der Waals surface area contributed by atoms with Crippen molar-refractivity contribution in [1.29, 1.82) is 0 Å². The topological polar surface area (TPSA) is 84.7 Å². The molecule has 1 amide bonds. The van der Waals surface area contributed by atoms with Gasteiger partial charge in [0.2, 0.25) is 0 Å². The lowest BCUT2D eigenvalue weighted by Gasteiger charge is -2.08. The number of aryl methyl sites for hydroxylation is 1. The summed E-state index contributed by atoms with van der Waals surface area (Å²) in [6.45, 7) is 1.66. The fourth-order valence-electron chi connectivity index (χ4n) is 3.47. The van der Waals surface area contributed by atoms with Crippen molar-refractivity contribution in [1.82, 2.24) is 24.8 Å². The largest absolute Gasteiger partial charge is 0.332 e. The first-order valence-electron chi connectivity index (χ1n) is 9.04. The van der Waals surface area contributed by atoms with Crippen molar-refractivity contribution < 1.29 is 4.79 Å². The number of amides is 1. The molecule has 7 nitrogen and oxygen atoms in total. The van der Waals surface area contributed by atoms with Gasteiger partial charge < -0.3 is 15.2 Å². The van der Waals surface area contributed by atoms with Crippen LogP contribution < -0.4 is 10.6 Å². The number of aromatic nitrogens is 4. The van der Waals surface area contributed by atoms with E-state index in [1.54, 1.807) is 24.9 Å². The average Bonchev–Trinajstić information content (AvgIpc) is 3.35. The van der Waals surface area contributed by atoms with E-state index in [2.05, 4.69) is 25.6 Å². The molecule has 1 aromatic carbocycles. The van der Waals surface area contributed by atoms with Gasteiger partial charge in [-0.15, -0.1) is 0 Å². The van der Waals surface area contributed by atoms with Gasteiger partial charge in [0.15, 0.2) is 0 Å². The summed E-state index contributed by atoms with van der Waals surface area (Å²) in [5.74, 6) is 0.348. The van der Waals surface area contributed by atoms with Crippen molar-refractivity contribution >= 4 is 22.5 Å². The molecule has 7 heteroatoms. The molecule has 5 rings (SSSR count). The van der Waals surface area contributed by atoms with Crippen molar-refractivity contribution in [3.63, 3.8) is 0 Å². The third-order valence-corrected chi connectivity index (χ3v) is 5.02. The molecule has 0 fully saturated rings. The molecule has 0 saturated carbocycles. The number of carbonyl (C=O) groups is 1. The summed E-state index contributed by atoms with van der Waals surface area (Å²) in [5.41, 5.74) is 4.80. The summed E-state index contributed by atoms with van der Waals surface area (Å²) in [5, 5.41) is 8.05. The highest BCUT2D eigenvalue weighted by Crippen LogP contribution is 2.23. The Morgan fingerprint density at radius 3 is 2.75 bits per heavy atom. The smallest absolute Gasteiger partial charge is 0.256 e. The quantitative estimate of drug-likeness (QED) is 0.579. The van der Waals surface area contributed by atoms with Gasteiger partial charge in [0.05, 0.1) is 23.9 Å². The van der Waals surface area contributed by atoms with Gasteiger partial charge in [-0.2, -0.15) is 0 Å². The van der Waals surface area contributed by atoms with Crippen molar-refractivity contribution in [2.75, 3.05) is 5.32 Å². The van der Waals surface area contributed by atoms with E-state index in [0.29, 0.717) is 11.4 Å². The Bertz CT molecular complexity index is 1210. The number of fused-ring (bicyclic) bond motifs is 2. The molecule has 0 spiro atoms. The Morgan fingerprint density at radius 1 is 1.04 bits per heavy atom. The van der Waals surface area contributed by atoms with Crippen molar-refractivity contribution in [3.05, 3.63) is 71.9 Å². The number of hydrogen-bond acceptors (Lipinski definition) is 5. The normalized spacial score (nSPS) is 12.9. The van der Waals surface area contributed by atoms with E-state index < -0.39 is 0 Å². The minimum Gasteiger partial charge on any atom is -0.332 e. The van der Waals surface area contributed by atoms with Crippen molar-refractivity contribution in [2.24, 2.45) is 7.05 Å². The molecule has 1 aliphatic rings. The highest BCUT2D eigenvalue weighted by Gasteiger charge is 2.14. The second-order valence-corrected chi connectivity index (χ2v) is 6.92. The first-order chi connectivity index (χ1) is 13.7. The molecule has 0 radical (unpaired) electrons. The van der Waals surface area contributed by atoms with Crippen LogP contribution in [0.5, 0.6) is 0 Å². The predicted molar refractivity (Wildman–Crippen MR) is 107 cm³/mol. The zero-order valence-electron chi connectivity index (χ0n) is 15.3. The molecule has 4 heterocycles. The number of nitrogens with zero attached hydrogens (tertiary/aromatic N) is 4. The minimum atomic E-state index is -0.164. The lowest BCUT2D eigenvalue weighted by molar-refractivity contribution is 0.102. The second-order valence-electron chi connectivity index (χ2n) is 6.92. The summed E-state index contributed by atoms with van der Waals surface area (Å²) in [6, 6.07) is 9.64. The molecular weight excluding hydrogens is 352 g/mol. The van der Waals surface area contributed by atoms with E-state index in [-0.39, 0.29) is 5.91 Å². The van der Waals surface area contributed by atoms with E-state index in [4.69, 9.17) is 0 Å². The molecular formula is C21H18N6O. The van der Waals surface area contributed by atoms with Gasteiger partial charge >= 0.3 is 0 Å². The highest BCUT2D eigenvalue weighted by atomic mass is 16.1. The van der Waals surface area contributed by atoms with Crippen LogP contribution in [0, 0.1) is 0 Å². The lowest BCUT2D eigenvalue weighted by Crippen LogP contribution is -2.13. The summed E-state index contributed by atoms with van der Waals surface area (Å²) in [7, 11) is 1.93. The highest BCUT2D eigenvalue weighted by molar-refractivity contribution is 6.04. The number of hydrogen-bond donors (Lipinski definition) is 2. The zero-order valence-corrected chi connectivity index (χ0v) is 15.3. The van der Waals surface area contributed by atoms with Gasteiger partial charge in [-0.05, 0) is 40.8 Å². The van der Waals surface area contributed by atoms with Gasteiger partial charge in [-0.25, -0.2) is 9.97 Å². The van der Waals surface area contributed by atoms with Gasteiger partial charge in [0.25, 0.3) is 5.91 Å². The van der Waals surface area contributed by atoms with Gasteiger partial charge in [-0.1, -0.05) is 6.07 Å². The number of benzene rings is 1. The summed E-state index contributed by atoms with van der Waals surface area (Å²) < 4.78 is 1.92. The Morgan fingerprint density at radius 2 is 1.89 bits per heavy atom.